The van der Waals surface area contributed by atoms with Crippen molar-refractivity contribution in [3.63, 3.8) is 0 Å². The van der Waals surface area contributed by atoms with Gasteiger partial charge in [0.1, 0.15) is 5.75 Å². The molecule has 2 aromatic carbocycles. The van der Waals surface area contributed by atoms with Gasteiger partial charge in [0, 0.05) is 12.2 Å². The zero-order chi connectivity index (χ0) is 19.2. The van der Waals surface area contributed by atoms with Gasteiger partial charge in [-0.3, -0.25) is 0 Å². The quantitative estimate of drug-likeness (QED) is 0.406. The Morgan fingerprint density at radius 2 is 1.81 bits per heavy atom. The molecule has 27 heavy (non-hydrogen) atoms. The molecule has 0 spiro atoms. The van der Waals surface area contributed by atoms with Crippen molar-refractivity contribution in [2.75, 3.05) is 7.11 Å². The summed E-state index contributed by atoms with van der Waals surface area (Å²) < 4.78 is 11.0. The summed E-state index contributed by atoms with van der Waals surface area (Å²) in [7, 11) is 1.69. The maximum atomic E-state index is 6.03. The summed E-state index contributed by atoms with van der Waals surface area (Å²) in [5, 5.41) is 9.91. The molecular formula is C20H20Cl2N2O2S. The van der Waals surface area contributed by atoms with Crippen LogP contribution in [0.3, 0.4) is 0 Å². The van der Waals surface area contributed by atoms with Crippen molar-refractivity contribution in [3.8, 4) is 5.75 Å². The maximum Gasteiger partial charge on any atom is 0.276 e. The molecule has 142 valence electrons. The lowest BCUT2D eigenvalue weighted by Crippen LogP contribution is -1.93. The predicted octanol–water partition coefficient (Wildman–Crippen LogP) is 6.16. The van der Waals surface area contributed by atoms with E-state index < -0.39 is 0 Å². The molecule has 4 nitrogen and oxygen atoms in total. The molecule has 0 radical (unpaired) electrons. The topological polar surface area (TPSA) is 48.2 Å². The van der Waals surface area contributed by atoms with E-state index >= 15 is 0 Å². The van der Waals surface area contributed by atoms with Crippen molar-refractivity contribution in [2.45, 2.75) is 37.2 Å². The van der Waals surface area contributed by atoms with Crippen molar-refractivity contribution in [2.24, 2.45) is 0 Å². The second-order valence-electron chi connectivity index (χ2n) is 6.16. The molecule has 1 aromatic heterocycles. The van der Waals surface area contributed by atoms with Crippen LogP contribution in [0.2, 0.25) is 10.0 Å². The highest BCUT2D eigenvalue weighted by molar-refractivity contribution is 7.98. The van der Waals surface area contributed by atoms with E-state index in [0.717, 1.165) is 36.1 Å². The Labute approximate surface area is 173 Å². The number of aromatic nitrogens is 2. The van der Waals surface area contributed by atoms with Gasteiger partial charge in [0.05, 0.1) is 17.2 Å². The third-order valence-electron chi connectivity index (χ3n) is 4.11. The molecule has 0 saturated carbocycles. The van der Waals surface area contributed by atoms with Gasteiger partial charge in [-0.05, 0) is 54.7 Å². The minimum atomic E-state index is 0.551. The van der Waals surface area contributed by atoms with Gasteiger partial charge < -0.3 is 9.15 Å². The Morgan fingerprint density at radius 3 is 2.56 bits per heavy atom. The molecule has 7 heteroatoms. The van der Waals surface area contributed by atoms with E-state index in [1.54, 1.807) is 13.2 Å². The fraction of sp³-hybridized carbons (Fsp3) is 0.300. The fourth-order valence-electron chi connectivity index (χ4n) is 2.71. The lowest BCUT2D eigenvalue weighted by Gasteiger charge is -2.06. The van der Waals surface area contributed by atoms with Crippen LogP contribution < -0.4 is 4.74 Å². The van der Waals surface area contributed by atoms with Crippen LogP contribution in [0.15, 0.2) is 46.0 Å². The van der Waals surface area contributed by atoms with Crippen LogP contribution in [0.5, 0.6) is 5.75 Å². The van der Waals surface area contributed by atoms with Crippen molar-refractivity contribution in [1.82, 2.24) is 10.2 Å². The monoisotopic (exact) mass is 422 g/mol. The van der Waals surface area contributed by atoms with Gasteiger partial charge in [-0.15, -0.1) is 10.2 Å². The summed E-state index contributed by atoms with van der Waals surface area (Å²) in [6, 6.07) is 11.8. The normalized spacial score (nSPS) is 11.0. The Kier molecular flexibility index (Phi) is 7.05. The van der Waals surface area contributed by atoms with Crippen molar-refractivity contribution < 1.29 is 9.15 Å². The Bertz CT molecular complexity index is 915. The fourth-order valence-corrected chi connectivity index (χ4v) is 3.76. The van der Waals surface area contributed by atoms with Crippen LogP contribution in [0.4, 0.5) is 0 Å². The molecule has 0 amide bonds. The second-order valence-corrected chi connectivity index (χ2v) is 7.90. The molecule has 0 saturated heterocycles. The largest absolute Gasteiger partial charge is 0.496 e. The molecule has 0 fully saturated rings. The van der Waals surface area contributed by atoms with E-state index in [1.165, 1.54) is 17.3 Å². The van der Waals surface area contributed by atoms with Gasteiger partial charge in [-0.2, -0.15) is 0 Å². The first-order valence-corrected chi connectivity index (χ1v) is 10.3. The number of thioether (sulfide) groups is 1. The first-order valence-electron chi connectivity index (χ1n) is 8.58. The van der Waals surface area contributed by atoms with Crippen LogP contribution in [-0.4, -0.2) is 17.3 Å². The smallest absolute Gasteiger partial charge is 0.276 e. The Balaban J connectivity index is 1.47. The van der Waals surface area contributed by atoms with Crippen molar-refractivity contribution in [3.05, 3.63) is 69.0 Å². The molecule has 3 rings (SSSR count). The van der Waals surface area contributed by atoms with Crippen LogP contribution in [0.25, 0.3) is 0 Å². The minimum Gasteiger partial charge on any atom is -0.496 e. The molecule has 0 aliphatic rings. The summed E-state index contributed by atoms with van der Waals surface area (Å²) >= 11 is 13.5. The van der Waals surface area contributed by atoms with Gasteiger partial charge >= 0.3 is 0 Å². The molecule has 0 N–H and O–H groups in total. The lowest BCUT2D eigenvalue weighted by molar-refractivity contribution is 0.408. The molecule has 0 atom stereocenters. The minimum absolute atomic E-state index is 0.551. The summed E-state index contributed by atoms with van der Waals surface area (Å²) in [4.78, 5) is 0. The first kappa shape index (κ1) is 20.1. The van der Waals surface area contributed by atoms with E-state index in [4.69, 9.17) is 32.4 Å². The highest BCUT2D eigenvalue weighted by Crippen LogP contribution is 2.27. The standard InChI is InChI=1S/C20H20Cl2N2O2S/c1-13-10-14(7-9-18(13)25-2)4-3-5-19-23-24-20(26-19)27-12-15-6-8-16(21)17(22)11-15/h6-11H,3-5,12H2,1-2H3. The van der Waals surface area contributed by atoms with Gasteiger partial charge in [0.25, 0.3) is 5.22 Å². The molecule has 0 unspecified atom stereocenters. The zero-order valence-corrected chi connectivity index (χ0v) is 17.5. The third-order valence-corrected chi connectivity index (χ3v) is 5.74. The Morgan fingerprint density at radius 1 is 1.00 bits per heavy atom. The highest BCUT2D eigenvalue weighted by Gasteiger charge is 2.08. The van der Waals surface area contributed by atoms with E-state index in [-0.39, 0.29) is 0 Å². The first-order chi connectivity index (χ1) is 13.0. The zero-order valence-electron chi connectivity index (χ0n) is 15.2. The van der Waals surface area contributed by atoms with Crippen LogP contribution in [0, 0.1) is 6.92 Å². The number of benzene rings is 2. The number of aryl methyl sites for hydroxylation is 3. The van der Waals surface area contributed by atoms with Crippen LogP contribution in [0.1, 0.15) is 29.0 Å². The maximum absolute atomic E-state index is 6.03. The Hall–Kier alpha value is -1.69. The van der Waals surface area contributed by atoms with E-state index in [0.29, 0.717) is 26.9 Å². The third kappa shape index (κ3) is 5.64. The van der Waals surface area contributed by atoms with Gasteiger partial charge in [-0.25, -0.2) is 0 Å². The second kappa shape index (κ2) is 9.49. The molecule has 0 aliphatic carbocycles. The lowest BCUT2D eigenvalue weighted by atomic mass is 10.1. The summed E-state index contributed by atoms with van der Waals surface area (Å²) in [6.07, 6.45) is 2.66. The number of rotatable bonds is 8. The molecule has 0 aliphatic heterocycles. The average molecular weight is 423 g/mol. The van der Waals surface area contributed by atoms with Gasteiger partial charge in [-0.1, -0.05) is 53.2 Å². The van der Waals surface area contributed by atoms with E-state index in [9.17, 15) is 0 Å². The molecule has 1 heterocycles. The SMILES string of the molecule is COc1ccc(CCCc2nnc(SCc3ccc(Cl)c(Cl)c3)o2)cc1C. The molecular weight excluding hydrogens is 403 g/mol. The number of hydrogen-bond donors (Lipinski definition) is 0. The van der Waals surface area contributed by atoms with E-state index in [2.05, 4.69) is 29.3 Å². The van der Waals surface area contributed by atoms with Gasteiger partial charge in [0.2, 0.25) is 5.89 Å². The van der Waals surface area contributed by atoms with E-state index in [1.807, 2.05) is 18.2 Å². The van der Waals surface area contributed by atoms with Crippen molar-refractivity contribution in [1.29, 1.82) is 0 Å². The van der Waals surface area contributed by atoms with Crippen LogP contribution in [-0.2, 0) is 18.6 Å². The number of methoxy groups -OCH3 is 1. The number of ether oxygens (including phenoxy) is 1. The summed E-state index contributed by atoms with van der Waals surface area (Å²) in [5.41, 5.74) is 3.49. The number of hydrogen-bond acceptors (Lipinski definition) is 5. The van der Waals surface area contributed by atoms with Crippen LogP contribution >= 0.6 is 35.0 Å². The average Bonchev–Trinajstić information content (AvgIpc) is 3.11. The van der Waals surface area contributed by atoms with Crippen molar-refractivity contribution >= 4 is 35.0 Å². The molecule has 3 aromatic rings. The van der Waals surface area contributed by atoms with Gasteiger partial charge in [0.15, 0.2) is 0 Å². The predicted molar refractivity (Wildman–Crippen MR) is 110 cm³/mol. The summed E-state index contributed by atoms with van der Waals surface area (Å²) in [5.74, 6) is 2.28. The number of halogens is 2. The highest BCUT2D eigenvalue weighted by atomic mass is 35.5. The molecule has 0 bridgehead atoms. The summed E-state index contributed by atoms with van der Waals surface area (Å²) in [6.45, 7) is 2.05. The number of nitrogens with zero attached hydrogens (tertiary/aromatic N) is 2.